The zero-order valence-electron chi connectivity index (χ0n) is 13.9. The van der Waals surface area contributed by atoms with Crippen LogP contribution >= 0.6 is 11.3 Å². The number of rotatable bonds is 3. The van der Waals surface area contributed by atoms with Crippen LogP contribution in [0.1, 0.15) is 16.7 Å². The molecule has 0 aliphatic heterocycles. The first-order valence-electron chi connectivity index (χ1n) is 7.84. The van der Waals surface area contributed by atoms with Crippen LogP contribution in [0.25, 0.3) is 12.2 Å². The third kappa shape index (κ3) is 4.35. The van der Waals surface area contributed by atoms with Gasteiger partial charge in [-0.05, 0) is 42.8 Å². The number of carbonyl (C=O) groups is 1. The predicted molar refractivity (Wildman–Crippen MR) is 103 cm³/mol. The van der Waals surface area contributed by atoms with Crippen molar-refractivity contribution in [2.75, 3.05) is 5.32 Å². The molecule has 1 heterocycles. The van der Waals surface area contributed by atoms with Crippen LogP contribution in [0.4, 0.5) is 5.69 Å². The third-order valence-electron chi connectivity index (χ3n) is 3.60. The van der Waals surface area contributed by atoms with Crippen LogP contribution in [0.15, 0.2) is 53.3 Å². The molecule has 0 spiro atoms. The zero-order chi connectivity index (χ0) is 18.5. The van der Waals surface area contributed by atoms with Gasteiger partial charge >= 0.3 is 0 Å². The largest absolute Gasteiger partial charge is 0.322 e. The van der Waals surface area contributed by atoms with Gasteiger partial charge in [0, 0.05) is 11.8 Å². The summed E-state index contributed by atoms with van der Waals surface area (Å²) in [6.07, 6.45) is 3.09. The van der Waals surface area contributed by atoms with Crippen LogP contribution in [0.5, 0.6) is 0 Å². The van der Waals surface area contributed by atoms with Crippen LogP contribution in [-0.2, 0) is 4.79 Å². The van der Waals surface area contributed by atoms with Crippen molar-refractivity contribution < 1.29 is 4.79 Å². The number of aromatic amines is 1. The monoisotopic (exact) mass is 361 g/mol. The molecule has 2 aromatic carbocycles. The third-order valence-corrected chi connectivity index (χ3v) is 4.56. The summed E-state index contributed by atoms with van der Waals surface area (Å²) in [5, 5.41) is 11.6. The van der Waals surface area contributed by atoms with Gasteiger partial charge in [-0.25, -0.2) is 0 Å². The molecule has 0 bridgehead atoms. The Morgan fingerprint density at radius 1 is 1.15 bits per heavy atom. The van der Waals surface area contributed by atoms with Gasteiger partial charge in [-0.15, -0.1) is 11.3 Å². The second-order valence-corrected chi connectivity index (χ2v) is 6.75. The molecule has 0 aliphatic rings. The van der Waals surface area contributed by atoms with Crippen LogP contribution in [0, 0.1) is 18.3 Å². The van der Waals surface area contributed by atoms with E-state index in [2.05, 4.69) is 10.3 Å². The standard InChI is InChI=1S/C20H15N3O2S/c1-13-2-8-16(9-3-13)22-18(24)11-19-23-20(25)17(26-19)10-14-4-6-15(12-21)7-5-14/h2-11H,1H3,(H,22,24)(H,23,25). The van der Waals surface area contributed by atoms with E-state index < -0.39 is 0 Å². The Kier molecular flexibility index (Phi) is 5.11. The summed E-state index contributed by atoms with van der Waals surface area (Å²) in [7, 11) is 0. The molecule has 0 saturated carbocycles. The maximum atomic E-state index is 12.1. The van der Waals surface area contributed by atoms with E-state index in [1.165, 1.54) is 17.4 Å². The second kappa shape index (κ2) is 7.64. The van der Waals surface area contributed by atoms with Gasteiger partial charge in [-0.3, -0.25) is 9.59 Å². The smallest absolute Gasteiger partial charge is 0.266 e. The SMILES string of the molecule is Cc1ccc(NC(=O)C=c2[nH]c(=O)c(=Cc3ccc(C#N)cc3)s2)cc1. The first kappa shape index (κ1) is 17.4. The molecule has 5 nitrogen and oxygen atoms in total. The lowest BCUT2D eigenvalue weighted by atomic mass is 10.1. The molecule has 2 N–H and O–H groups in total. The number of hydrogen-bond donors (Lipinski definition) is 2. The molecule has 0 unspecified atom stereocenters. The minimum Gasteiger partial charge on any atom is -0.322 e. The minimum absolute atomic E-state index is 0.256. The van der Waals surface area contributed by atoms with E-state index in [0.29, 0.717) is 20.4 Å². The predicted octanol–water partition coefficient (Wildman–Crippen LogP) is 1.86. The Bertz CT molecular complexity index is 1150. The van der Waals surface area contributed by atoms with Crippen molar-refractivity contribution in [1.82, 2.24) is 4.98 Å². The highest BCUT2D eigenvalue weighted by Gasteiger charge is 2.01. The molecule has 1 aromatic heterocycles. The van der Waals surface area contributed by atoms with Gasteiger partial charge in [-0.2, -0.15) is 5.26 Å². The highest BCUT2D eigenvalue weighted by molar-refractivity contribution is 7.07. The number of aryl methyl sites for hydroxylation is 1. The van der Waals surface area contributed by atoms with Crippen molar-refractivity contribution in [2.24, 2.45) is 0 Å². The van der Waals surface area contributed by atoms with Gasteiger partial charge in [-0.1, -0.05) is 29.8 Å². The molecular weight excluding hydrogens is 346 g/mol. The number of carbonyl (C=O) groups excluding carboxylic acids is 1. The van der Waals surface area contributed by atoms with Crippen molar-refractivity contribution >= 4 is 35.1 Å². The summed E-state index contributed by atoms with van der Waals surface area (Å²) < 4.78 is 0.962. The molecule has 6 heteroatoms. The number of thiazole rings is 1. The Hall–Kier alpha value is -3.43. The molecular formula is C20H15N3O2S. The summed E-state index contributed by atoms with van der Waals surface area (Å²) >= 11 is 1.20. The second-order valence-electron chi connectivity index (χ2n) is 5.66. The molecule has 26 heavy (non-hydrogen) atoms. The average Bonchev–Trinajstić information content (AvgIpc) is 2.96. The number of nitriles is 1. The lowest BCUT2D eigenvalue weighted by Crippen LogP contribution is -2.20. The molecule has 0 radical (unpaired) electrons. The quantitative estimate of drug-likeness (QED) is 0.747. The Balaban J connectivity index is 1.84. The normalized spacial score (nSPS) is 12.0. The number of nitrogens with one attached hydrogen (secondary N) is 2. The first-order chi connectivity index (χ1) is 12.5. The summed E-state index contributed by atoms with van der Waals surface area (Å²) in [6.45, 7) is 1.97. The van der Waals surface area contributed by atoms with E-state index in [1.54, 1.807) is 30.3 Å². The van der Waals surface area contributed by atoms with Crippen LogP contribution in [0.3, 0.4) is 0 Å². The maximum Gasteiger partial charge on any atom is 0.266 e. The number of amides is 1. The van der Waals surface area contributed by atoms with Gasteiger partial charge in [0.15, 0.2) is 0 Å². The van der Waals surface area contributed by atoms with Crippen molar-refractivity contribution in [2.45, 2.75) is 6.92 Å². The molecule has 0 aliphatic carbocycles. The minimum atomic E-state index is -0.309. The number of anilines is 1. The lowest BCUT2D eigenvalue weighted by Gasteiger charge is -2.01. The fourth-order valence-electron chi connectivity index (χ4n) is 2.26. The van der Waals surface area contributed by atoms with E-state index in [4.69, 9.17) is 5.26 Å². The molecule has 0 saturated heterocycles. The Labute approximate surface area is 153 Å². The summed E-state index contributed by atoms with van der Waals surface area (Å²) in [5.41, 5.74) is 2.92. The van der Waals surface area contributed by atoms with Crippen molar-refractivity contribution in [3.63, 3.8) is 0 Å². The lowest BCUT2D eigenvalue weighted by molar-refractivity contribution is -0.110. The zero-order valence-corrected chi connectivity index (χ0v) is 14.8. The molecule has 128 valence electrons. The van der Waals surface area contributed by atoms with Gasteiger partial charge in [0.25, 0.3) is 11.5 Å². The molecule has 3 aromatic rings. The van der Waals surface area contributed by atoms with E-state index in [1.807, 2.05) is 37.3 Å². The molecule has 3 rings (SSSR count). The number of hydrogen-bond acceptors (Lipinski definition) is 4. The maximum absolute atomic E-state index is 12.1. The van der Waals surface area contributed by atoms with Crippen LogP contribution < -0.4 is 20.1 Å². The molecule has 1 amide bonds. The number of nitrogens with zero attached hydrogens (tertiary/aromatic N) is 1. The Morgan fingerprint density at radius 2 is 1.85 bits per heavy atom. The van der Waals surface area contributed by atoms with E-state index in [-0.39, 0.29) is 11.5 Å². The van der Waals surface area contributed by atoms with Crippen molar-refractivity contribution in [3.05, 3.63) is 84.8 Å². The number of aromatic nitrogens is 1. The van der Waals surface area contributed by atoms with Crippen molar-refractivity contribution in [3.8, 4) is 6.07 Å². The fraction of sp³-hybridized carbons (Fsp3) is 0.0500. The average molecular weight is 361 g/mol. The number of benzene rings is 2. The number of H-pyrrole nitrogens is 1. The van der Waals surface area contributed by atoms with E-state index in [0.717, 1.165) is 11.1 Å². The molecule has 0 fully saturated rings. The Morgan fingerprint density at radius 3 is 2.50 bits per heavy atom. The van der Waals surface area contributed by atoms with E-state index >= 15 is 0 Å². The van der Waals surface area contributed by atoms with Gasteiger partial charge in [0.1, 0.15) is 4.66 Å². The first-order valence-corrected chi connectivity index (χ1v) is 8.65. The van der Waals surface area contributed by atoms with Gasteiger partial charge < -0.3 is 10.3 Å². The van der Waals surface area contributed by atoms with Crippen LogP contribution in [-0.4, -0.2) is 10.9 Å². The summed E-state index contributed by atoms with van der Waals surface area (Å²) in [5.74, 6) is -0.309. The van der Waals surface area contributed by atoms with Crippen molar-refractivity contribution in [1.29, 1.82) is 5.26 Å². The molecule has 0 atom stereocenters. The van der Waals surface area contributed by atoms with Gasteiger partial charge in [0.05, 0.1) is 16.2 Å². The van der Waals surface area contributed by atoms with Gasteiger partial charge in [0.2, 0.25) is 0 Å². The summed E-state index contributed by atoms with van der Waals surface area (Å²) in [4.78, 5) is 26.8. The van der Waals surface area contributed by atoms with Crippen LogP contribution in [0.2, 0.25) is 0 Å². The van der Waals surface area contributed by atoms with E-state index in [9.17, 15) is 9.59 Å². The topological polar surface area (TPSA) is 85.8 Å². The fourth-order valence-corrected chi connectivity index (χ4v) is 3.15. The highest BCUT2D eigenvalue weighted by Crippen LogP contribution is 2.08. The summed E-state index contributed by atoms with van der Waals surface area (Å²) in [6, 6.07) is 16.4. The highest BCUT2D eigenvalue weighted by atomic mass is 32.1.